The fraction of sp³-hybridized carbons (Fsp3) is 0.429. The highest BCUT2D eigenvalue weighted by molar-refractivity contribution is 7.99. The SMILES string of the molecule is CNC(c1ccccc1)c1nnc(C2CCCS2)o1. The molecule has 0 amide bonds. The zero-order valence-corrected chi connectivity index (χ0v) is 11.7. The number of hydrogen-bond donors (Lipinski definition) is 1. The summed E-state index contributed by atoms with van der Waals surface area (Å²) in [5, 5.41) is 12.1. The first-order valence-electron chi connectivity index (χ1n) is 6.55. The maximum Gasteiger partial charge on any atom is 0.237 e. The number of aromatic nitrogens is 2. The molecular formula is C14H17N3OS. The molecule has 1 aliphatic rings. The van der Waals surface area contributed by atoms with Crippen molar-refractivity contribution in [1.29, 1.82) is 0 Å². The molecule has 1 fully saturated rings. The molecule has 0 saturated carbocycles. The lowest BCUT2D eigenvalue weighted by Crippen LogP contribution is -2.17. The summed E-state index contributed by atoms with van der Waals surface area (Å²) in [6.07, 6.45) is 2.38. The Morgan fingerprint density at radius 1 is 1.32 bits per heavy atom. The van der Waals surface area contributed by atoms with Gasteiger partial charge in [-0.2, -0.15) is 0 Å². The first-order chi connectivity index (χ1) is 9.38. The Bertz CT molecular complexity index is 522. The monoisotopic (exact) mass is 275 g/mol. The van der Waals surface area contributed by atoms with E-state index in [-0.39, 0.29) is 6.04 Å². The van der Waals surface area contributed by atoms with Crippen molar-refractivity contribution in [3.05, 3.63) is 47.7 Å². The average molecular weight is 275 g/mol. The van der Waals surface area contributed by atoms with Crippen LogP contribution in [0.1, 0.15) is 41.5 Å². The summed E-state index contributed by atoms with van der Waals surface area (Å²) in [5.74, 6) is 2.61. The van der Waals surface area contributed by atoms with Gasteiger partial charge in [0.15, 0.2) is 0 Å². The van der Waals surface area contributed by atoms with Crippen LogP contribution < -0.4 is 5.32 Å². The summed E-state index contributed by atoms with van der Waals surface area (Å²) in [6, 6.07) is 10.1. The second-order valence-corrected chi connectivity index (χ2v) is 5.92. The van der Waals surface area contributed by atoms with Crippen LogP contribution in [0.2, 0.25) is 0 Å². The van der Waals surface area contributed by atoms with Gasteiger partial charge in [0.1, 0.15) is 6.04 Å². The molecule has 2 unspecified atom stereocenters. The molecule has 1 aliphatic heterocycles. The van der Waals surface area contributed by atoms with Gasteiger partial charge in [-0.3, -0.25) is 0 Å². The van der Waals surface area contributed by atoms with Crippen LogP contribution in [0, 0.1) is 0 Å². The number of nitrogens with zero attached hydrogens (tertiary/aromatic N) is 2. The van der Waals surface area contributed by atoms with E-state index in [1.807, 2.05) is 37.0 Å². The lowest BCUT2D eigenvalue weighted by molar-refractivity contribution is 0.412. The third kappa shape index (κ3) is 2.67. The van der Waals surface area contributed by atoms with Gasteiger partial charge in [0.25, 0.3) is 0 Å². The molecule has 1 saturated heterocycles. The topological polar surface area (TPSA) is 51.0 Å². The minimum Gasteiger partial charge on any atom is -0.422 e. The number of nitrogens with one attached hydrogen (secondary N) is 1. The van der Waals surface area contributed by atoms with Gasteiger partial charge >= 0.3 is 0 Å². The third-order valence-corrected chi connectivity index (χ3v) is 4.69. The largest absolute Gasteiger partial charge is 0.422 e. The molecule has 0 radical (unpaired) electrons. The van der Waals surface area contributed by atoms with Crippen LogP contribution in [-0.4, -0.2) is 23.0 Å². The van der Waals surface area contributed by atoms with Gasteiger partial charge < -0.3 is 9.73 Å². The summed E-state index contributed by atoms with van der Waals surface area (Å²) in [4.78, 5) is 0. The van der Waals surface area contributed by atoms with Gasteiger partial charge in [-0.25, -0.2) is 0 Å². The van der Waals surface area contributed by atoms with E-state index < -0.39 is 0 Å². The van der Waals surface area contributed by atoms with Crippen molar-refractivity contribution < 1.29 is 4.42 Å². The van der Waals surface area contributed by atoms with Crippen LogP contribution in [0.4, 0.5) is 0 Å². The standard InChI is InChI=1S/C14H17N3OS/c1-15-12(10-6-3-2-4-7-10)14-17-16-13(18-14)11-8-5-9-19-11/h2-4,6-7,11-12,15H,5,8-9H2,1H3. The smallest absolute Gasteiger partial charge is 0.237 e. The predicted octanol–water partition coefficient (Wildman–Crippen LogP) is 2.95. The van der Waals surface area contributed by atoms with Crippen molar-refractivity contribution in [1.82, 2.24) is 15.5 Å². The van der Waals surface area contributed by atoms with E-state index >= 15 is 0 Å². The van der Waals surface area contributed by atoms with Crippen LogP contribution in [0.5, 0.6) is 0 Å². The molecular weight excluding hydrogens is 258 g/mol. The highest BCUT2D eigenvalue weighted by Gasteiger charge is 2.25. The molecule has 3 rings (SSSR count). The summed E-state index contributed by atoms with van der Waals surface area (Å²) >= 11 is 1.91. The van der Waals surface area contributed by atoms with E-state index in [4.69, 9.17) is 4.42 Å². The average Bonchev–Trinajstić information content (AvgIpc) is 3.11. The second-order valence-electron chi connectivity index (χ2n) is 4.61. The van der Waals surface area contributed by atoms with E-state index in [0.29, 0.717) is 11.1 Å². The zero-order chi connectivity index (χ0) is 13.1. The summed E-state index contributed by atoms with van der Waals surface area (Å²) in [6.45, 7) is 0. The van der Waals surface area contributed by atoms with Gasteiger partial charge in [-0.05, 0) is 31.2 Å². The third-order valence-electron chi connectivity index (χ3n) is 3.33. The number of thioether (sulfide) groups is 1. The van der Waals surface area contributed by atoms with Gasteiger partial charge in [-0.1, -0.05) is 30.3 Å². The van der Waals surface area contributed by atoms with Crippen molar-refractivity contribution in [2.75, 3.05) is 12.8 Å². The highest BCUT2D eigenvalue weighted by atomic mass is 32.2. The maximum absolute atomic E-state index is 5.87. The molecule has 2 atom stereocenters. The van der Waals surface area contributed by atoms with E-state index in [9.17, 15) is 0 Å². The Kier molecular flexibility index (Phi) is 3.84. The maximum atomic E-state index is 5.87. The molecule has 2 heterocycles. The Labute approximate surface area is 117 Å². The van der Waals surface area contributed by atoms with Crippen LogP contribution in [0.15, 0.2) is 34.7 Å². The molecule has 2 aromatic rings. The first-order valence-corrected chi connectivity index (χ1v) is 7.60. The molecule has 4 nitrogen and oxygen atoms in total. The molecule has 1 aromatic heterocycles. The van der Waals surface area contributed by atoms with Gasteiger partial charge in [0.05, 0.1) is 5.25 Å². The predicted molar refractivity (Wildman–Crippen MR) is 76.1 cm³/mol. The highest BCUT2D eigenvalue weighted by Crippen LogP contribution is 2.39. The summed E-state index contributed by atoms with van der Waals surface area (Å²) in [5.41, 5.74) is 1.14. The molecule has 0 spiro atoms. The molecule has 5 heteroatoms. The lowest BCUT2D eigenvalue weighted by atomic mass is 10.1. The fourth-order valence-corrected chi connectivity index (χ4v) is 3.53. The van der Waals surface area contributed by atoms with Crippen molar-refractivity contribution in [3.63, 3.8) is 0 Å². The Balaban J connectivity index is 1.84. The lowest BCUT2D eigenvalue weighted by Gasteiger charge is -2.12. The Morgan fingerprint density at radius 3 is 2.84 bits per heavy atom. The molecule has 100 valence electrons. The summed E-state index contributed by atoms with van der Waals surface area (Å²) in [7, 11) is 1.91. The number of hydrogen-bond acceptors (Lipinski definition) is 5. The van der Waals surface area contributed by atoms with E-state index in [1.54, 1.807) is 0 Å². The minimum absolute atomic E-state index is 0.0335. The zero-order valence-electron chi connectivity index (χ0n) is 10.9. The van der Waals surface area contributed by atoms with Gasteiger partial charge in [-0.15, -0.1) is 22.0 Å². The van der Waals surface area contributed by atoms with Crippen LogP contribution in [-0.2, 0) is 0 Å². The first kappa shape index (κ1) is 12.7. The van der Waals surface area contributed by atoms with E-state index in [2.05, 4.69) is 27.6 Å². The molecule has 0 bridgehead atoms. The Morgan fingerprint density at radius 2 is 2.16 bits per heavy atom. The van der Waals surface area contributed by atoms with Crippen molar-refractivity contribution in [2.24, 2.45) is 0 Å². The minimum atomic E-state index is -0.0335. The van der Waals surface area contributed by atoms with Crippen molar-refractivity contribution in [2.45, 2.75) is 24.1 Å². The van der Waals surface area contributed by atoms with Crippen molar-refractivity contribution in [3.8, 4) is 0 Å². The molecule has 19 heavy (non-hydrogen) atoms. The van der Waals surface area contributed by atoms with Crippen LogP contribution in [0.3, 0.4) is 0 Å². The Hall–Kier alpha value is -1.33. The summed E-state index contributed by atoms with van der Waals surface area (Å²) < 4.78 is 5.87. The van der Waals surface area contributed by atoms with E-state index in [0.717, 1.165) is 17.9 Å². The molecule has 0 aliphatic carbocycles. The molecule has 1 aromatic carbocycles. The fourth-order valence-electron chi connectivity index (χ4n) is 2.34. The van der Waals surface area contributed by atoms with Gasteiger partial charge in [0, 0.05) is 0 Å². The van der Waals surface area contributed by atoms with Crippen molar-refractivity contribution >= 4 is 11.8 Å². The quantitative estimate of drug-likeness (QED) is 0.929. The second kappa shape index (κ2) is 5.75. The van der Waals surface area contributed by atoms with Crippen LogP contribution >= 0.6 is 11.8 Å². The number of benzene rings is 1. The van der Waals surface area contributed by atoms with E-state index in [1.165, 1.54) is 12.2 Å². The number of rotatable bonds is 4. The van der Waals surface area contributed by atoms with Gasteiger partial charge in [0.2, 0.25) is 11.8 Å². The molecule has 1 N–H and O–H groups in total. The van der Waals surface area contributed by atoms with Crippen LogP contribution in [0.25, 0.3) is 0 Å². The normalized spacial score (nSPS) is 20.6.